The first kappa shape index (κ1) is 13.9. The molecule has 0 aliphatic rings. The Bertz CT molecular complexity index is 390. The Kier molecular flexibility index (Phi) is 6.31. The Labute approximate surface area is 112 Å². The van der Waals surface area contributed by atoms with E-state index in [1.54, 1.807) is 16.8 Å². The molecule has 0 radical (unpaired) electrons. The van der Waals surface area contributed by atoms with E-state index in [0.29, 0.717) is 4.47 Å². The molecule has 0 aromatic carbocycles. The van der Waals surface area contributed by atoms with Crippen molar-refractivity contribution in [2.45, 2.75) is 32.2 Å². The van der Waals surface area contributed by atoms with Crippen LogP contribution in [0.3, 0.4) is 0 Å². The smallest absolute Gasteiger partial charge is 0.264 e. The van der Waals surface area contributed by atoms with Crippen molar-refractivity contribution in [1.29, 1.82) is 0 Å². The fourth-order valence-electron chi connectivity index (χ4n) is 1.48. The monoisotopic (exact) mass is 351 g/mol. The van der Waals surface area contributed by atoms with Gasteiger partial charge >= 0.3 is 0 Å². The molecule has 1 aromatic rings. The Balaban J connectivity index is 2.51. The molecule has 1 heterocycles. The maximum atomic E-state index is 11.7. The molecular weight excluding hydrogens is 338 g/mol. The molecule has 0 spiro atoms. The van der Waals surface area contributed by atoms with Crippen LogP contribution in [-0.2, 0) is 6.54 Å². The zero-order chi connectivity index (χ0) is 12.0. The highest BCUT2D eigenvalue weighted by Gasteiger charge is 2.02. The van der Waals surface area contributed by atoms with Crippen LogP contribution in [0.15, 0.2) is 26.0 Å². The number of unbranched alkanes of at least 4 members (excludes halogenated alkanes) is 3. The third-order valence-corrected chi connectivity index (χ3v) is 3.32. The van der Waals surface area contributed by atoms with Gasteiger partial charge in [0.25, 0.3) is 5.56 Å². The van der Waals surface area contributed by atoms with Gasteiger partial charge in [-0.1, -0.05) is 12.8 Å². The van der Waals surface area contributed by atoms with E-state index in [1.807, 2.05) is 0 Å². The summed E-state index contributed by atoms with van der Waals surface area (Å²) in [5, 5.41) is 8.63. The highest BCUT2D eigenvalue weighted by molar-refractivity contribution is 9.11. The van der Waals surface area contributed by atoms with Crippen molar-refractivity contribution in [3.8, 4) is 0 Å². The Morgan fingerprint density at radius 2 is 1.88 bits per heavy atom. The number of halogens is 2. The summed E-state index contributed by atoms with van der Waals surface area (Å²) in [6.07, 6.45) is 5.66. The van der Waals surface area contributed by atoms with Crippen LogP contribution in [-0.4, -0.2) is 16.3 Å². The number of aryl methyl sites for hydroxylation is 1. The molecule has 0 saturated heterocycles. The van der Waals surface area contributed by atoms with Crippen LogP contribution >= 0.6 is 31.9 Å². The van der Waals surface area contributed by atoms with E-state index >= 15 is 0 Å². The standard InChI is InChI=1S/C11H15Br2NO2/c12-9-7-10(13)11(16)14(8-9)5-3-1-2-4-6-15/h7-8,15H,1-6H2. The normalized spacial score (nSPS) is 10.7. The minimum absolute atomic E-state index is 0.00496. The van der Waals surface area contributed by atoms with Gasteiger partial charge in [0, 0.05) is 23.8 Å². The zero-order valence-electron chi connectivity index (χ0n) is 8.96. The number of nitrogens with zero attached hydrogens (tertiary/aromatic N) is 1. The zero-order valence-corrected chi connectivity index (χ0v) is 12.1. The SMILES string of the molecule is O=c1c(Br)cc(Br)cn1CCCCCCO. The van der Waals surface area contributed by atoms with E-state index in [2.05, 4.69) is 31.9 Å². The molecule has 0 atom stereocenters. The molecule has 3 nitrogen and oxygen atoms in total. The average Bonchev–Trinajstić information content (AvgIpc) is 2.24. The summed E-state index contributed by atoms with van der Waals surface area (Å²) in [5.74, 6) is 0. The molecule has 1 N–H and O–H groups in total. The van der Waals surface area contributed by atoms with E-state index in [4.69, 9.17) is 5.11 Å². The predicted octanol–water partition coefficient (Wildman–Crippen LogP) is 2.93. The van der Waals surface area contributed by atoms with Crippen LogP contribution in [0.5, 0.6) is 0 Å². The molecule has 0 fully saturated rings. The molecule has 0 aliphatic carbocycles. The summed E-state index contributed by atoms with van der Waals surface area (Å²) in [5.41, 5.74) is 0.00496. The van der Waals surface area contributed by atoms with Gasteiger partial charge in [0.05, 0.1) is 4.47 Å². The second-order valence-corrected chi connectivity index (χ2v) is 5.41. The topological polar surface area (TPSA) is 42.2 Å². The van der Waals surface area contributed by atoms with E-state index in [0.717, 1.165) is 36.7 Å². The molecule has 5 heteroatoms. The number of aliphatic hydroxyl groups is 1. The van der Waals surface area contributed by atoms with Crippen molar-refractivity contribution in [2.75, 3.05) is 6.61 Å². The third kappa shape index (κ3) is 4.39. The maximum absolute atomic E-state index is 11.7. The Morgan fingerprint density at radius 3 is 2.56 bits per heavy atom. The number of rotatable bonds is 6. The summed E-state index contributed by atoms with van der Waals surface area (Å²) in [6, 6.07) is 1.75. The van der Waals surface area contributed by atoms with Crippen molar-refractivity contribution >= 4 is 31.9 Å². The average molecular weight is 353 g/mol. The fourth-order valence-corrected chi connectivity index (χ4v) is 2.74. The van der Waals surface area contributed by atoms with Gasteiger partial charge < -0.3 is 9.67 Å². The first-order chi connectivity index (χ1) is 7.65. The van der Waals surface area contributed by atoms with Crippen molar-refractivity contribution in [2.24, 2.45) is 0 Å². The molecule has 0 bridgehead atoms. The Hall–Kier alpha value is -0.130. The van der Waals surface area contributed by atoms with Crippen LogP contribution in [0.2, 0.25) is 0 Å². The molecule has 0 amide bonds. The highest BCUT2D eigenvalue weighted by Crippen LogP contribution is 2.13. The minimum Gasteiger partial charge on any atom is -0.396 e. The Morgan fingerprint density at radius 1 is 1.19 bits per heavy atom. The van der Waals surface area contributed by atoms with Crippen LogP contribution in [0.4, 0.5) is 0 Å². The number of hydrogen-bond donors (Lipinski definition) is 1. The molecule has 1 aromatic heterocycles. The number of pyridine rings is 1. The van der Waals surface area contributed by atoms with Gasteiger partial charge in [-0.25, -0.2) is 0 Å². The molecule has 0 unspecified atom stereocenters. The number of aromatic nitrogens is 1. The second-order valence-electron chi connectivity index (χ2n) is 3.64. The summed E-state index contributed by atoms with van der Waals surface area (Å²) >= 11 is 6.59. The fraction of sp³-hybridized carbons (Fsp3) is 0.545. The molecule has 0 aliphatic heterocycles. The van der Waals surface area contributed by atoms with Crippen molar-refractivity contribution < 1.29 is 5.11 Å². The maximum Gasteiger partial charge on any atom is 0.264 e. The molecule has 90 valence electrons. The summed E-state index contributed by atoms with van der Waals surface area (Å²) in [4.78, 5) is 11.7. The number of hydrogen-bond acceptors (Lipinski definition) is 2. The second kappa shape index (κ2) is 7.25. The lowest BCUT2D eigenvalue weighted by molar-refractivity contribution is 0.282. The lowest BCUT2D eigenvalue weighted by Gasteiger charge is -2.06. The molecule has 0 saturated carbocycles. The van der Waals surface area contributed by atoms with Gasteiger partial charge in [-0.15, -0.1) is 0 Å². The van der Waals surface area contributed by atoms with Crippen LogP contribution in [0.25, 0.3) is 0 Å². The van der Waals surface area contributed by atoms with Gasteiger partial charge in [0.1, 0.15) is 0 Å². The largest absolute Gasteiger partial charge is 0.396 e. The van der Waals surface area contributed by atoms with Crippen molar-refractivity contribution in [3.05, 3.63) is 31.6 Å². The predicted molar refractivity (Wildman–Crippen MR) is 71.7 cm³/mol. The molecular formula is C11H15Br2NO2. The van der Waals surface area contributed by atoms with E-state index in [9.17, 15) is 4.79 Å². The van der Waals surface area contributed by atoms with Crippen molar-refractivity contribution in [3.63, 3.8) is 0 Å². The third-order valence-electron chi connectivity index (χ3n) is 2.32. The van der Waals surface area contributed by atoms with Crippen LogP contribution in [0, 0.1) is 0 Å². The molecule has 1 rings (SSSR count). The van der Waals surface area contributed by atoms with Crippen LogP contribution in [0.1, 0.15) is 25.7 Å². The van der Waals surface area contributed by atoms with Gasteiger partial charge in [-0.05, 0) is 50.8 Å². The van der Waals surface area contributed by atoms with Gasteiger partial charge in [-0.3, -0.25) is 4.79 Å². The quantitative estimate of drug-likeness (QED) is 0.800. The lowest BCUT2D eigenvalue weighted by atomic mass is 10.2. The van der Waals surface area contributed by atoms with Gasteiger partial charge in [-0.2, -0.15) is 0 Å². The van der Waals surface area contributed by atoms with E-state index in [1.165, 1.54) is 0 Å². The van der Waals surface area contributed by atoms with E-state index in [-0.39, 0.29) is 12.2 Å². The van der Waals surface area contributed by atoms with Gasteiger partial charge in [0.15, 0.2) is 0 Å². The number of aliphatic hydroxyl groups excluding tert-OH is 1. The van der Waals surface area contributed by atoms with E-state index < -0.39 is 0 Å². The molecule has 16 heavy (non-hydrogen) atoms. The lowest BCUT2D eigenvalue weighted by Crippen LogP contribution is -2.20. The van der Waals surface area contributed by atoms with Crippen LogP contribution < -0.4 is 5.56 Å². The first-order valence-corrected chi connectivity index (χ1v) is 6.90. The summed E-state index contributed by atoms with van der Waals surface area (Å²) in [7, 11) is 0. The highest BCUT2D eigenvalue weighted by atomic mass is 79.9. The van der Waals surface area contributed by atoms with Crippen molar-refractivity contribution in [1.82, 2.24) is 4.57 Å². The summed E-state index contributed by atoms with van der Waals surface area (Å²) < 4.78 is 3.18. The first-order valence-electron chi connectivity index (χ1n) is 5.31. The van der Waals surface area contributed by atoms with Gasteiger partial charge in [0.2, 0.25) is 0 Å². The minimum atomic E-state index is 0.00496. The summed E-state index contributed by atoms with van der Waals surface area (Å²) in [6.45, 7) is 0.977.